The van der Waals surface area contributed by atoms with Crippen molar-refractivity contribution in [1.82, 2.24) is 19.3 Å². The molecule has 4 fully saturated rings. The van der Waals surface area contributed by atoms with Crippen LogP contribution in [0.2, 0.25) is 5.02 Å². The second kappa shape index (κ2) is 36.9. The van der Waals surface area contributed by atoms with E-state index in [1.165, 1.54) is 59.3 Å². The number of halogens is 2. The number of urea groups is 1. The summed E-state index contributed by atoms with van der Waals surface area (Å²) in [6.45, 7) is 7.73. The summed E-state index contributed by atoms with van der Waals surface area (Å²) in [6.07, 6.45) is 5.24. The summed E-state index contributed by atoms with van der Waals surface area (Å²) in [5, 5.41) is 14.0. The molecular weight excluding hydrogens is 1500 g/mol. The first-order valence-corrected chi connectivity index (χ1v) is 41.7. The molecule has 4 unspecified atom stereocenters. The van der Waals surface area contributed by atoms with Gasteiger partial charge in [-0.2, -0.15) is 16.7 Å². The molecule has 2 aliphatic carbocycles. The number of carbonyl (C=O) groups excluding carboxylic acids is 3. The zero-order chi connectivity index (χ0) is 78.3. The lowest BCUT2D eigenvalue weighted by molar-refractivity contribution is -0.128. The summed E-state index contributed by atoms with van der Waals surface area (Å²) in [5.74, 6) is 2.17. The first kappa shape index (κ1) is 82.8. The minimum atomic E-state index is -4.00. The van der Waals surface area contributed by atoms with Gasteiger partial charge in [-0.15, -0.1) is 0 Å². The number of aliphatic hydroxyl groups is 1. The number of sulfonamides is 3. The van der Waals surface area contributed by atoms with Crippen LogP contribution in [0.25, 0.3) is 11.1 Å². The molecule has 3 aliphatic heterocycles. The third-order valence-electron chi connectivity index (χ3n) is 20.6. The van der Waals surface area contributed by atoms with Crippen LogP contribution >= 0.6 is 23.4 Å². The number of fused-ring (bicyclic) bond motifs is 4. The summed E-state index contributed by atoms with van der Waals surface area (Å²) in [7, 11) is -2.71. The average Bonchev–Trinajstić information content (AvgIpc) is 1.55. The van der Waals surface area contributed by atoms with Crippen LogP contribution in [0.3, 0.4) is 0 Å². The van der Waals surface area contributed by atoms with E-state index in [2.05, 4.69) is 53.6 Å². The largest absolute Gasteiger partial charge is 0.495 e. The zero-order valence-electron chi connectivity index (χ0n) is 62.1. The second-order valence-corrected chi connectivity index (χ2v) is 34.4. The number of methoxy groups -OCH3 is 6. The van der Waals surface area contributed by atoms with Crippen molar-refractivity contribution in [3.05, 3.63) is 179 Å². The molecule has 8 aromatic rings. The van der Waals surface area contributed by atoms with Crippen LogP contribution < -0.4 is 53.0 Å². The Labute approximate surface area is 646 Å². The van der Waals surface area contributed by atoms with Gasteiger partial charge in [0, 0.05) is 81.1 Å². The van der Waals surface area contributed by atoms with E-state index < -0.39 is 47.4 Å². The number of rotatable bonds is 23. The predicted octanol–water partition coefficient (Wildman–Crippen LogP) is 12.7. The van der Waals surface area contributed by atoms with E-state index in [1.54, 1.807) is 54.5 Å². The maximum Gasteiger partial charge on any atom is 0.321 e. The van der Waals surface area contributed by atoms with Crippen LogP contribution in [0.15, 0.2) is 166 Å². The highest BCUT2D eigenvalue weighted by molar-refractivity contribution is 7.99. The molecule has 0 radical (unpaired) electrons. The van der Waals surface area contributed by atoms with E-state index in [4.69, 9.17) is 44.4 Å². The molecule has 0 spiro atoms. The van der Waals surface area contributed by atoms with E-state index in [-0.39, 0.29) is 75.2 Å². The Balaban J connectivity index is 0.000000155. The van der Waals surface area contributed by atoms with Crippen molar-refractivity contribution in [2.75, 3.05) is 126 Å². The number of benzene rings is 7. The predicted molar refractivity (Wildman–Crippen MR) is 420 cm³/mol. The van der Waals surface area contributed by atoms with E-state index >= 15 is 0 Å². The number of aliphatic hydroxyl groups excluding tert-OH is 1. The van der Waals surface area contributed by atoms with Crippen molar-refractivity contribution in [2.24, 2.45) is 22.7 Å². The SMILES string of the molecule is COCC(=O)N1CCCc2ccc(NS(=O)(=O)CC34CCC(CC3=O)C4(C)C)cc21.COc1ccc(Cl)cc1S(=O)(=O)NCC1CCN(c2nc3ccccc3o2)CC1.COc1ccc(S(=O)(=O)NCC(O)c2ccc(OC)c(OC)c2)cc1F.COc1ccccc1NC(=O)N1CCSC(c2ccccc2)CC1. The van der Waals surface area contributed by atoms with Crippen LogP contribution in [-0.4, -0.2) is 165 Å². The number of thioether (sulfide) groups is 1. The molecule has 1 aromatic heterocycles. The Kier molecular flexibility index (Phi) is 28.0. The third kappa shape index (κ3) is 20.3. The van der Waals surface area contributed by atoms with Gasteiger partial charge >= 0.3 is 6.03 Å². The van der Waals surface area contributed by atoms with Gasteiger partial charge in [-0.25, -0.2) is 43.9 Å². The number of hydrogen-bond donors (Lipinski definition) is 5. The molecule has 109 heavy (non-hydrogen) atoms. The highest BCUT2D eigenvalue weighted by Crippen LogP contribution is 2.64. The van der Waals surface area contributed by atoms with Gasteiger partial charge in [-0.05, 0) is 164 Å². The summed E-state index contributed by atoms with van der Waals surface area (Å²) < 4.78 is 134. The molecule has 3 amide bonds. The number of para-hydroxylation sites is 4. The van der Waals surface area contributed by atoms with Crippen LogP contribution in [0.5, 0.6) is 28.7 Å². The number of ether oxygens (including phenoxy) is 6. The smallest absolute Gasteiger partial charge is 0.321 e. The van der Waals surface area contributed by atoms with Crippen molar-refractivity contribution < 1.29 is 82.0 Å². The van der Waals surface area contributed by atoms with Crippen LogP contribution in [-0.2, 0) is 50.8 Å². The van der Waals surface area contributed by atoms with Crippen LogP contribution in [0, 0.1) is 28.5 Å². The summed E-state index contributed by atoms with van der Waals surface area (Å²) in [4.78, 5) is 47.7. The number of aryl methyl sites for hydroxylation is 1. The standard InChI is InChI=1S/C22H30N2O5S.C20H22ClN3O4S.C19H22N2O2S.C17H20FNO6S/c1-21(2)16-8-9-22(21,19(25)11-16)14-30(27,28)23-17-7-6-15-5-4-10-24(18(15)12-17)20(26)13-29-3;1-27-18-7-6-15(21)12-19(18)29(25,26)22-13-14-8-10-24(11-9-14)20-23-16-4-2-3-5-17(16)28-20;1-23-17-10-6-5-9-16(17)20-19(22)21-12-11-18(24-14-13-21)15-7-3-2-4-8-15;1-23-15-7-5-12(9-13(15)18)26(21,22)19-10-14(20)11-4-6-16(24-2)17(8-11)25-3/h6-7,12,16,23H,4-5,8-11,13-14H2,1-3H3;2-7,12,14,22H,8-11,13H2,1H3;2-10,18H,11-14H2,1H3,(H,20,22);4-9,14,19-20H,10H2,1-3H3. The Hall–Kier alpha value is -8.72. The Bertz CT molecular complexity index is 4810. The summed E-state index contributed by atoms with van der Waals surface area (Å²) in [5.41, 5.74) is 5.14. The quantitative estimate of drug-likeness (QED) is 0.0397. The molecule has 5 N–H and O–H groups in total. The lowest BCUT2D eigenvalue weighted by Crippen LogP contribution is -2.43. The van der Waals surface area contributed by atoms with Crippen LogP contribution in [0.4, 0.5) is 32.3 Å². The molecule has 31 heteroatoms. The summed E-state index contributed by atoms with van der Waals surface area (Å²) in [6, 6.07) is 44.1. The Morgan fingerprint density at radius 3 is 2.08 bits per heavy atom. The van der Waals surface area contributed by atoms with E-state index in [0.29, 0.717) is 76.4 Å². The monoisotopic (exact) mass is 1600 g/mol. The molecule has 2 bridgehead atoms. The van der Waals surface area contributed by atoms with E-state index in [0.717, 1.165) is 98.9 Å². The minimum absolute atomic E-state index is 0.0176. The first-order valence-electron chi connectivity index (χ1n) is 35.6. The highest BCUT2D eigenvalue weighted by Gasteiger charge is 2.65. The number of nitrogens with one attached hydrogen (secondary N) is 4. The normalized spacial score (nSPS) is 18.6. The number of aromatic nitrogens is 1. The zero-order valence-corrected chi connectivity index (χ0v) is 66.1. The van der Waals surface area contributed by atoms with E-state index in [1.807, 2.05) is 91.2 Å². The van der Waals surface area contributed by atoms with Gasteiger partial charge in [0.2, 0.25) is 30.1 Å². The second-order valence-electron chi connectivity index (χ2n) is 27.4. The molecule has 7 aromatic carbocycles. The number of hydrogen-bond acceptors (Lipinski definition) is 20. The molecule has 586 valence electrons. The maximum absolute atomic E-state index is 13.7. The van der Waals surface area contributed by atoms with Crippen molar-refractivity contribution in [1.29, 1.82) is 0 Å². The molecule has 13 rings (SSSR count). The fraction of sp³-hybridized carbons (Fsp3) is 0.410. The van der Waals surface area contributed by atoms with Gasteiger partial charge in [0.05, 0.1) is 69.1 Å². The van der Waals surface area contributed by atoms with Crippen molar-refractivity contribution >= 4 is 105 Å². The van der Waals surface area contributed by atoms with Gasteiger partial charge in [-0.1, -0.05) is 92.2 Å². The number of piperidine rings is 1. The highest BCUT2D eigenvalue weighted by atomic mass is 35.5. The average molecular weight is 1600 g/mol. The number of ketones is 1. The summed E-state index contributed by atoms with van der Waals surface area (Å²) >= 11 is 7.89. The minimum Gasteiger partial charge on any atom is -0.495 e. The number of nitrogens with zero attached hydrogens (tertiary/aromatic N) is 4. The number of amides is 3. The fourth-order valence-corrected chi connectivity index (χ4v) is 20.1. The topological polar surface area (TPSA) is 313 Å². The van der Waals surface area contributed by atoms with Gasteiger partial charge in [0.1, 0.15) is 34.3 Å². The molecular formula is C78H94ClFN8O17S4. The number of oxazole rings is 1. The lowest BCUT2D eigenvalue weighted by Gasteiger charge is -2.36. The number of Topliss-reactive ketones (excluding diaryl/α,β-unsaturated/α-hetero) is 1. The lowest BCUT2D eigenvalue weighted by atomic mass is 9.70. The molecule has 25 nitrogen and oxygen atoms in total. The van der Waals surface area contributed by atoms with Crippen molar-refractivity contribution in [3.63, 3.8) is 0 Å². The molecule has 4 heterocycles. The van der Waals surface area contributed by atoms with Gasteiger partial charge in [-0.3, -0.25) is 14.3 Å². The maximum atomic E-state index is 13.7. The van der Waals surface area contributed by atoms with Crippen LogP contribution in [0.1, 0.15) is 86.8 Å². The van der Waals surface area contributed by atoms with Gasteiger partial charge in [0.15, 0.2) is 28.6 Å². The Morgan fingerprint density at radius 2 is 1.40 bits per heavy atom. The third-order valence-corrected chi connectivity index (χ3v) is 26.5. The molecule has 2 saturated carbocycles. The van der Waals surface area contributed by atoms with Crippen molar-refractivity contribution in [2.45, 2.75) is 86.4 Å². The number of anilines is 4. The molecule has 4 atom stereocenters. The fourth-order valence-electron chi connectivity index (χ4n) is 14.3. The molecule has 5 aliphatic rings. The van der Waals surface area contributed by atoms with Gasteiger partial charge in [0.25, 0.3) is 11.9 Å². The van der Waals surface area contributed by atoms with E-state index in [9.17, 15) is 49.1 Å². The number of carbonyl (C=O) groups is 3. The molecule has 2 saturated heterocycles. The first-order chi connectivity index (χ1) is 52.1. The van der Waals surface area contributed by atoms with Crippen molar-refractivity contribution in [3.8, 4) is 28.7 Å². The Morgan fingerprint density at radius 1 is 0.716 bits per heavy atom. The van der Waals surface area contributed by atoms with Gasteiger partial charge < -0.3 is 58.0 Å².